The van der Waals surface area contributed by atoms with Crippen LogP contribution in [0.1, 0.15) is 10.4 Å². The predicted octanol–water partition coefficient (Wildman–Crippen LogP) is 2.28. The molecule has 96 valence electrons. The van der Waals surface area contributed by atoms with Gasteiger partial charge in [-0.05, 0) is 12.1 Å². The van der Waals surface area contributed by atoms with E-state index in [-0.39, 0.29) is 27.8 Å². The Morgan fingerprint density at radius 2 is 1.89 bits per heavy atom. The number of benzene rings is 1. The lowest BCUT2D eigenvalue weighted by atomic mass is 10.1. The highest BCUT2D eigenvalue weighted by Gasteiger charge is 2.39. The smallest absolute Gasteiger partial charge is 0.299 e. The van der Waals surface area contributed by atoms with Gasteiger partial charge in [-0.3, -0.25) is 9.59 Å². The first-order valence-electron chi connectivity index (χ1n) is 5.05. The van der Waals surface area contributed by atoms with Gasteiger partial charge in [0.15, 0.2) is 0 Å². The summed E-state index contributed by atoms with van der Waals surface area (Å²) in [6, 6.07) is 2.99. The molecule has 1 unspecified atom stereocenters. The first kappa shape index (κ1) is 13.8. The number of nitrogens with zero attached hydrogens (tertiary/aromatic N) is 1. The SMILES string of the molecule is O=C1C(=O)N(CC(O)CBr)c2c(Cl)ccc(Cl)c21. The monoisotopic (exact) mass is 351 g/mol. The Bertz CT molecular complexity index is 535. The second-order valence-electron chi connectivity index (χ2n) is 3.81. The third kappa shape index (κ3) is 2.16. The molecule has 1 N–H and O–H groups in total. The van der Waals surface area contributed by atoms with Gasteiger partial charge in [0, 0.05) is 5.33 Å². The Morgan fingerprint density at radius 1 is 1.28 bits per heavy atom. The van der Waals surface area contributed by atoms with Crippen LogP contribution in [-0.4, -0.2) is 34.8 Å². The van der Waals surface area contributed by atoms with Crippen LogP contribution in [0.5, 0.6) is 0 Å². The van der Waals surface area contributed by atoms with Crippen LogP contribution in [-0.2, 0) is 4.79 Å². The van der Waals surface area contributed by atoms with E-state index in [4.69, 9.17) is 23.2 Å². The molecule has 0 aromatic heterocycles. The molecule has 0 radical (unpaired) electrons. The van der Waals surface area contributed by atoms with Crippen molar-refractivity contribution in [2.75, 3.05) is 16.8 Å². The molecule has 1 heterocycles. The molecule has 1 amide bonds. The number of Topliss-reactive ketones (excluding diaryl/α,β-unsaturated/α-hetero) is 1. The van der Waals surface area contributed by atoms with Crippen molar-refractivity contribution in [1.82, 2.24) is 0 Å². The highest BCUT2D eigenvalue weighted by molar-refractivity contribution is 9.09. The van der Waals surface area contributed by atoms with Gasteiger partial charge in [-0.2, -0.15) is 0 Å². The van der Waals surface area contributed by atoms with Crippen molar-refractivity contribution < 1.29 is 14.7 Å². The predicted molar refractivity (Wildman–Crippen MR) is 72.9 cm³/mol. The summed E-state index contributed by atoms with van der Waals surface area (Å²) in [6.45, 7) is -0.0110. The summed E-state index contributed by atoms with van der Waals surface area (Å²) in [7, 11) is 0. The summed E-state index contributed by atoms with van der Waals surface area (Å²) in [5.41, 5.74) is 0.384. The number of hydrogen-bond acceptors (Lipinski definition) is 3. The number of carbonyl (C=O) groups is 2. The Hall–Kier alpha value is -0.620. The number of ketones is 1. The molecule has 1 aliphatic heterocycles. The summed E-state index contributed by atoms with van der Waals surface area (Å²) in [5, 5.41) is 10.3. The van der Waals surface area contributed by atoms with Crippen molar-refractivity contribution in [3.05, 3.63) is 27.7 Å². The Labute approximate surface area is 122 Å². The molecule has 2 rings (SSSR count). The summed E-state index contributed by atoms with van der Waals surface area (Å²) < 4.78 is 0. The maximum Gasteiger partial charge on any atom is 0.299 e. The normalized spacial score (nSPS) is 16.1. The van der Waals surface area contributed by atoms with Gasteiger partial charge in [0.2, 0.25) is 0 Å². The molecular weight excluding hydrogens is 345 g/mol. The Balaban J connectivity index is 2.51. The van der Waals surface area contributed by atoms with E-state index in [2.05, 4.69) is 15.9 Å². The highest BCUT2D eigenvalue weighted by Crippen LogP contribution is 2.39. The van der Waals surface area contributed by atoms with Gasteiger partial charge < -0.3 is 10.0 Å². The van der Waals surface area contributed by atoms with E-state index >= 15 is 0 Å². The molecule has 4 nitrogen and oxygen atoms in total. The molecule has 0 saturated heterocycles. The molecule has 0 spiro atoms. The molecule has 18 heavy (non-hydrogen) atoms. The standard InChI is InChI=1S/C11H8BrCl2NO3/c12-3-5(16)4-15-9-7(14)2-1-6(13)8(9)10(17)11(15)18/h1-2,5,16H,3-4H2. The lowest BCUT2D eigenvalue weighted by Crippen LogP contribution is -2.37. The van der Waals surface area contributed by atoms with Crippen LogP contribution in [0.2, 0.25) is 10.0 Å². The number of rotatable bonds is 3. The number of halogens is 3. The van der Waals surface area contributed by atoms with E-state index in [1.165, 1.54) is 12.1 Å². The molecule has 0 saturated carbocycles. The third-order valence-electron chi connectivity index (χ3n) is 2.59. The first-order valence-corrected chi connectivity index (χ1v) is 6.93. The average molecular weight is 353 g/mol. The number of amides is 1. The van der Waals surface area contributed by atoms with Gasteiger partial charge in [-0.15, -0.1) is 0 Å². The summed E-state index contributed by atoms with van der Waals surface area (Å²) in [5.74, 6) is -1.42. The zero-order valence-corrected chi connectivity index (χ0v) is 12.1. The summed E-state index contributed by atoms with van der Waals surface area (Å²) in [6.07, 6.45) is -0.789. The van der Waals surface area contributed by atoms with Crippen LogP contribution in [0.4, 0.5) is 5.69 Å². The van der Waals surface area contributed by atoms with E-state index in [9.17, 15) is 14.7 Å². The van der Waals surface area contributed by atoms with Gasteiger partial charge in [-0.1, -0.05) is 39.1 Å². The van der Waals surface area contributed by atoms with Crippen LogP contribution < -0.4 is 4.90 Å². The Kier molecular flexibility index (Phi) is 3.96. The Morgan fingerprint density at radius 3 is 2.50 bits per heavy atom. The minimum absolute atomic E-state index is 0.0110. The van der Waals surface area contributed by atoms with E-state index in [1.807, 2.05) is 0 Å². The third-order valence-corrected chi connectivity index (χ3v) is 3.95. The molecule has 7 heteroatoms. The van der Waals surface area contributed by atoms with Gasteiger partial charge in [-0.25, -0.2) is 0 Å². The number of fused-ring (bicyclic) bond motifs is 1. The number of alkyl halides is 1. The van der Waals surface area contributed by atoms with Gasteiger partial charge in [0.05, 0.1) is 33.9 Å². The highest BCUT2D eigenvalue weighted by atomic mass is 79.9. The van der Waals surface area contributed by atoms with Crippen molar-refractivity contribution in [3.63, 3.8) is 0 Å². The number of carbonyl (C=O) groups excluding carboxylic acids is 2. The van der Waals surface area contributed by atoms with Crippen molar-refractivity contribution in [3.8, 4) is 0 Å². The number of aliphatic hydroxyl groups excluding tert-OH is 1. The maximum atomic E-state index is 11.9. The van der Waals surface area contributed by atoms with Crippen LogP contribution in [0, 0.1) is 0 Å². The quantitative estimate of drug-likeness (QED) is 0.670. The first-order chi connectivity index (χ1) is 8.47. The largest absolute Gasteiger partial charge is 0.390 e. The van der Waals surface area contributed by atoms with Gasteiger partial charge >= 0.3 is 0 Å². The van der Waals surface area contributed by atoms with E-state index in [0.717, 1.165) is 4.90 Å². The number of aliphatic hydroxyl groups is 1. The fourth-order valence-electron chi connectivity index (χ4n) is 1.79. The number of β-amino-alcohol motifs (C(OH)–C–C–N with tert-alkyl or cyclic N) is 1. The minimum Gasteiger partial charge on any atom is -0.390 e. The average Bonchev–Trinajstić information content (AvgIpc) is 2.60. The fourth-order valence-corrected chi connectivity index (χ4v) is 2.49. The zero-order chi connectivity index (χ0) is 13.4. The van der Waals surface area contributed by atoms with E-state index < -0.39 is 17.8 Å². The summed E-state index contributed by atoms with van der Waals surface area (Å²) in [4.78, 5) is 24.8. The number of anilines is 1. The molecule has 0 bridgehead atoms. The molecule has 1 aliphatic rings. The maximum absolute atomic E-state index is 11.9. The van der Waals surface area contributed by atoms with Crippen LogP contribution in [0.3, 0.4) is 0 Å². The zero-order valence-electron chi connectivity index (χ0n) is 8.99. The van der Waals surface area contributed by atoms with Crippen molar-refractivity contribution in [1.29, 1.82) is 0 Å². The van der Waals surface area contributed by atoms with Gasteiger partial charge in [0.1, 0.15) is 0 Å². The molecule has 1 aromatic rings. The van der Waals surface area contributed by atoms with Crippen molar-refractivity contribution >= 4 is 56.5 Å². The second kappa shape index (κ2) is 5.17. The minimum atomic E-state index is -0.789. The van der Waals surface area contributed by atoms with Crippen LogP contribution in [0.25, 0.3) is 0 Å². The summed E-state index contributed by atoms with van der Waals surface area (Å²) >= 11 is 15.0. The lowest BCUT2D eigenvalue weighted by Gasteiger charge is -2.20. The fraction of sp³-hybridized carbons (Fsp3) is 0.273. The van der Waals surface area contributed by atoms with Crippen molar-refractivity contribution in [2.45, 2.75) is 6.10 Å². The second-order valence-corrected chi connectivity index (χ2v) is 5.27. The molecule has 0 aliphatic carbocycles. The molecular formula is C11H8BrCl2NO3. The molecule has 1 atom stereocenters. The van der Waals surface area contributed by atoms with E-state index in [1.54, 1.807) is 0 Å². The lowest BCUT2D eigenvalue weighted by molar-refractivity contribution is -0.114. The topological polar surface area (TPSA) is 57.6 Å². The van der Waals surface area contributed by atoms with Crippen LogP contribution in [0.15, 0.2) is 12.1 Å². The van der Waals surface area contributed by atoms with Gasteiger partial charge in [0.25, 0.3) is 11.7 Å². The van der Waals surface area contributed by atoms with Crippen molar-refractivity contribution in [2.24, 2.45) is 0 Å². The molecule has 1 aromatic carbocycles. The molecule has 0 fully saturated rings. The van der Waals surface area contributed by atoms with E-state index in [0.29, 0.717) is 5.33 Å². The number of hydrogen-bond donors (Lipinski definition) is 1. The van der Waals surface area contributed by atoms with Crippen LogP contribution >= 0.6 is 39.1 Å².